The van der Waals surface area contributed by atoms with Gasteiger partial charge in [0, 0.05) is 43.9 Å². The van der Waals surface area contributed by atoms with Crippen molar-refractivity contribution in [3.05, 3.63) is 16.1 Å². The normalized spacial score (nSPS) is 16.0. The van der Waals surface area contributed by atoms with E-state index in [-0.39, 0.29) is 24.0 Å². The summed E-state index contributed by atoms with van der Waals surface area (Å²) in [5, 5.41) is 6.81. The minimum Gasteiger partial charge on any atom is -0.378 e. The van der Waals surface area contributed by atoms with Gasteiger partial charge >= 0.3 is 0 Å². The van der Waals surface area contributed by atoms with Gasteiger partial charge in [-0.25, -0.2) is 4.98 Å². The van der Waals surface area contributed by atoms with E-state index >= 15 is 0 Å². The van der Waals surface area contributed by atoms with E-state index in [9.17, 15) is 0 Å². The summed E-state index contributed by atoms with van der Waals surface area (Å²) in [6.45, 7) is 11.0. The molecule has 1 aliphatic heterocycles. The number of hydrogen-bond acceptors (Lipinski definition) is 4. The van der Waals surface area contributed by atoms with E-state index in [1.54, 1.807) is 11.3 Å². The first-order chi connectivity index (χ1) is 11.7. The second-order valence-corrected chi connectivity index (χ2v) is 7.16. The van der Waals surface area contributed by atoms with Gasteiger partial charge < -0.3 is 15.0 Å². The largest absolute Gasteiger partial charge is 0.378 e. The number of likely N-dealkylation sites (tertiary alicyclic amines) is 1. The monoisotopic (exact) mass is 480 g/mol. The number of ether oxygens (including phenoxy) is 1. The first-order valence-corrected chi connectivity index (χ1v) is 10.2. The van der Waals surface area contributed by atoms with Crippen LogP contribution in [0.1, 0.15) is 50.2 Å². The lowest BCUT2D eigenvalue weighted by atomic mass is 10.1. The summed E-state index contributed by atoms with van der Waals surface area (Å²) in [5.74, 6) is 1.07. The summed E-state index contributed by atoms with van der Waals surface area (Å²) < 4.78 is 5.74. The fourth-order valence-electron chi connectivity index (χ4n) is 2.99. The summed E-state index contributed by atoms with van der Waals surface area (Å²) >= 11 is 1.77. The van der Waals surface area contributed by atoms with Gasteiger partial charge in [0.15, 0.2) is 5.96 Å². The third-order valence-corrected chi connectivity index (χ3v) is 5.23. The summed E-state index contributed by atoms with van der Waals surface area (Å²) in [4.78, 5) is 11.7. The highest BCUT2D eigenvalue weighted by Crippen LogP contribution is 2.14. The van der Waals surface area contributed by atoms with Crippen LogP contribution in [0.3, 0.4) is 0 Å². The Morgan fingerprint density at radius 1 is 1.36 bits per heavy atom. The predicted octanol–water partition coefficient (Wildman–Crippen LogP) is 3.86. The molecule has 0 aromatic carbocycles. The van der Waals surface area contributed by atoms with Crippen molar-refractivity contribution >= 4 is 41.3 Å². The van der Waals surface area contributed by atoms with Crippen LogP contribution < -0.4 is 5.32 Å². The standard InChI is InChI=1S/C18H32N4OS.HI/c1-4-19-18(22-12-9-16(10-13-22)23-5-2)20-11-7-6-8-17-21-15(3)14-24-17;/h14,16H,4-13H2,1-3H3,(H,19,20);1H. The highest BCUT2D eigenvalue weighted by molar-refractivity contribution is 14.0. The smallest absolute Gasteiger partial charge is 0.193 e. The second kappa shape index (κ2) is 12.9. The van der Waals surface area contributed by atoms with E-state index in [1.165, 1.54) is 5.01 Å². The molecule has 25 heavy (non-hydrogen) atoms. The zero-order valence-corrected chi connectivity index (χ0v) is 18.9. The second-order valence-electron chi connectivity index (χ2n) is 6.22. The van der Waals surface area contributed by atoms with E-state index in [1.807, 2.05) is 0 Å². The van der Waals surface area contributed by atoms with Gasteiger partial charge in [-0.05, 0) is 52.9 Å². The molecule has 144 valence electrons. The Morgan fingerprint density at radius 3 is 2.72 bits per heavy atom. The maximum Gasteiger partial charge on any atom is 0.193 e. The molecule has 1 aromatic heterocycles. The molecule has 0 saturated carbocycles. The quantitative estimate of drug-likeness (QED) is 0.266. The summed E-state index contributed by atoms with van der Waals surface area (Å²) in [7, 11) is 0. The molecule has 0 radical (unpaired) electrons. The number of halogens is 1. The minimum atomic E-state index is 0. The van der Waals surface area contributed by atoms with Gasteiger partial charge in [0.25, 0.3) is 0 Å². The SMILES string of the molecule is CCNC(=NCCCCc1nc(C)cs1)N1CCC(OCC)CC1.I. The first kappa shape index (κ1) is 22.6. The van der Waals surface area contributed by atoms with Gasteiger partial charge in [-0.2, -0.15) is 0 Å². The molecule has 7 heteroatoms. The summed E-state index contributed by atoms with van der Waals surface area (Å²) in [6.07, 6.45) is 5.97. The van der Waals surface area contributed by atoms with Crippen molar-refractivity contribution in [1.82, 2.24) is 15.2 Å². The van der Waals surface area contributed by atoms with Crippen LogP contribution in [0.25, 0.3) is 0 Å². The van der Waals surface area contributed by atoms with Crippen molar-refractivity contribution in [3.63, 3.8) is 0 Å². The Morgan fingerprint density at radius 2 is 2.12 bits per heavy atom. The molecule has 2 heterocycles. The number of aryl methyl sites for hydroxylation is 2. The first-order valence-electron chi connectivity index (χ1n) is 9.28. The summed E-state index contributed by atoms with van der Waals surface area (Å²) in [5.41, 5.74) is 1.14. The molecule has 1 N–H and O–H groups in total. The Bertz CT molecular complexity index is 501. The molecule has 0 aliphatic carbocycles. The Hall–Kier alpha value is -0.410. The summed E-state index contributed by atoms with van der Waals surface area (Å²) in [6, 6.07) is 0. The van der Waals surface area contributed by atoms with Crippen LogP contribution in [0.15, 0.2) is 10.4 Å². The van der Waals surface area contributed by atoms with Gasteiger partial charge in [-0.1, -0.05) is 0 Å². The number of rotatable bonds is 8. The molecule has 0 spiro atoms. The lowest BCUT2D eigenvalue weighted by molar-refractivity contribution is 0.0264. The number of hydrogen-bond donors (Lipinski definition) is 1. The topological polar surface area (TPSA) is 49.8 Å². The number of aliphatic imine (C=N–C) groups is 1. The number of nitrogens with zero attached hydrogens (tertiary/aromatic N) is 3. The number of nitrogens with one attached hydrogen (secondary N) is 1. The third-order valence-electron chi connectivity index (χ3n) is 4.21. The van der Waals surface area contributed by atoms with Crippen molar-refractivity contribution in [2.24, 2.45) is 4.99 Å². The van der Waals surface area contributed by atoms with E-state index < -0.39 is 0 Å². The van der Waals surface area contributed by atoms with E-state index in [0.717, 1.165) is 76.5 Å². The highest BCUT2D eigenvalue weighted by atomic mass is 127. The molecule has 0 amide bonds. The van der Waals surface area contributed by atoms with Crippen LogP contribution in [0, 0.1) is 6.92 Å². The average Bonchev–Trinajstić information content (AvgIpc) is 3.00. The molecule has 1 aliphatic rings. The fraction of sp³-hybridized carbons (Fsp3) is 0.778. The van der Waals surface area contributed by atoms with Gasteiger partial charge in [0.2, 0.25) is 0 Å². The van der Waals surface area contributed by atoms with Crippen molar-refractivity contribution in [2.45, 2.75) is 59.0 Å². The Kier molecular flexibility index (Phi) is 11.6. The van der Waals surface area contributed by atoms with Crippen LogP contribution in [0.5, 0.6) is 0 Å². The molecular weight excluding hydrogens is 447 g/mol. The van der Waals surface area contributed by atoms with Gasteiger partial charge in [-0.15, -0.1) is 35.3 Å². The van der Waals surface area contributed by atoms with Gasteiger partial charge in [0.1, 0.15) is 0 Å². The number of unbranched alkanes of at least 4 members (excludes halogenated alkanes) is 1. The maximum absolute atomic E-state index is 5.74. The van der Waals surface area contributed by atoms with Crippen molar-refractivity contribution in [2.75, 3.05) is 32.8 Å². The van der Waals surface area contributed by atoms with Crippen molar-refractivity contribution in [1.29, 1.82) is 0 Å². The maximum atomic E-state index is 5.74. The van der Waals surface area contributed by atoms with E-state index in [4.69, 9.17) is 9.73 Å². The molecular formula is C18H33IN4OS. The molecule has 2 rings (SSSR count). The highest BCUT2D eigenvalue weighted by Gasteiger charge is 2.21. The van der Waals surface area contributed by atoms with Crippen molar-refractivity contribution in [3.8, 4) is 0 Å². The van der Waals surface area contributed by atoms with Crippen LogP contribution in [0.4, 0.5) is 0 Å². The zero-order valence-electron chi connectivity index (χ0n) is 15.8. The minimum absolute atomic E-state index is 0. The lowest BCUT2D eigenvalue weighted by Gasteiger charge is -2.34. The van der Waals surface area contributed by atoms with Gasteiger partial charge in [-0.3, -0.25) is 4.99 Å². The van der Waals surface area contributed by atoms with Crippen LogP contribution in [-0.2, 0) is 11.2 Å². The number of aromatic nitrogens is 1. The van der Waals surface area contributed by atoms with Gasteiger partial charge in [0.05, 0.1) is 11.1 Å². The molecule has 1 saturated heterocycles. The molecule has 1 aromatic rings. The molecule has 0 bridgehead atoms. The Labute approximate surface area is 173 Å². The van der Waals surface area contributed by atoms with E-state index in [0.29, 0.717) is 6.10 Å². The van der Waals surface area contributed by atoms with Crippen LogP contribution >= 0.6 is 35.3 Å². The molecule has 5 nitrogen and oxygen atoms in total. The van der Waals surface area contributed by atoms with E-state index in [2.05, 4.69) is 41.4 Å². The fourth-order valence-corrected chi connectivity index (χ4v) is 3.80. The van der Waals surface area contributed by atoms with Crippen LogP contribution in [0.2, 0.25) is 0 Å². The molecule has 0 unspecified atom stereocenters. The van der Waals surface area contributed by atoms with Crippen LogP contribution in [-0.4, -0.2) is 54.7 Å². The third kappa shape index (κ3) is 8.21. The van der Waals surface area contributed by atoms with Crippen molar-refractivity contribution < 1.29 is 4.74 Å². The predicted molar refractivity (Wildman–Crippen MR) is 117 cm³/mol. The lowest BCUT2D eigenvalue weighted by Crippen LogP contribution is -2.47. The zero-order chi connectivity index (χ0) is 17.2. The molecule has 1 fully saturated rings. The number of piperidine rings is 1. The number of guanidine groups is 1. The number of thiazole rings is 1. The average molecular weight is 480 g/mol. The Balaban J connectivity index is 0.00000312. The molecule has 0 atom stereocenters.